The Morgan fingerprint density at radius 3 is 2.34 bits per heavy atom. The summed E-state index contributed by atoms with van der Waals surface area (Å²) in [5, 5.41) is 3.53. The van der Waals surface area contributed by atoms with Gasteiger partial charge in [-0.15, -0.1) is 0 Å². The van der Waals surface area contributed by atoms with E-state index in [4.69, 9.17) is 25.5 Å². The van der Waals surface area contributed by atoms with Crippen LogP contribution in [0.25, 0.3) is 0 Å². The first kappa shape index (κ1) is 26.2. The molecule has 3 rings (SSSR count). The lowest BCUT2D eigenvalue weighted by molar-refractivity contribution is -0.126. The Labute approximate surface area is 211 Å². The Kier molecular flexibility index (Phi) is 9.20. The molecule has 0 saturated heterocycles. The summed E-state index contributed by atoms with van der Waals surface area (Å²) in [6, 6.07) is 14.4. The fourth-order valence-corrected chi connectivity index (χ4v) is 3.81. The number of halogens is 1. The van der Waals surface area contributed by atoms with E-state index in [-0.39, 0.29) is 18.4 Å². The van der Waals surface area contributed by atoms with Crippen molar-refractivity contribution >= 4 is 23.4 Å². The molecule has 35 heavy (non-hydrogen) atoms. The molecule has 0 aliphatic heterocycles. The minimum atomic E-state index is -0.912. The van der Waals surface area contributed by atoms with Gasteiger partial charge in [0.25, 0.3) is 5.91 Å². The molecule has 0 saturated carbocycles. The van der Waals surface area contributed by atoms with Crippen LogP contribution >= 0.6 is 11.6 Å². The number of carbonyl (C=O) groups is 2. The summed E-state index contributed by atoms with van der Waals surface area (Å²) in [7, 11) is 3.03. The Morgan fingerprint density at radius 1 is 1.03 bits per heavy atom. The molecule has 0 aliphatic carbocycles. The molecule has 1 aromatic heterocycles. The van der Waals surface area contributed by atoms with Gasteiger partial charge in [0.15, 0.2) is 11.5 Å². The van der Waals surface area contributed by atoms with Crippen molar-refractivity contribution in [2.24, 2.45) is 5.92 Å². The van der Waals surface area contributed by atoms with E-state index in [1.807, 2.05) is 0 Å². The summed E-state index contributed by atoms with van der Waals surface area (Å²) >= 11 is 6.11. The zero-order valence-corrected chi connectivity index (χ0v) is 21.2. The molecular formula is C27H31ClN2O5. The van der Waals surface area contributed by atoms with E-state index in [1.165, 1.54) is 25.4 Å². The molecule has 0 aliphatic rings. The smallest absolute Gasteiger partial charge is 0.255 e. The average molecular weight is 499 g/mol. The monoisotopic (exact) mass is 498 g/mol. The molecule has 0 fully saturated rings. The molecule has 3 aromatic rings. The minimum Gasteiger partial charge on any atom is -0.493 e. The molecule has 2 aromatic carbocycles. The van der Waals surface area contributed by atoms with Gasteiger partial charge in [0, 0.05) is 17.1 Å². The van der Waals surface area contributed by atoms with E-state index in [1.54, 1.807) is 54.6 Å². The van der Waals surface area contributed by atoms with Gasteiger partial charge in [-0.3, -0.25) is 9.59 Å². The number of rotatable bonds is 11. The van der Waals surface area contributed by atoms with Crippen molar-refractivity contribution in [2.45, 2.75) is 32.9 Å². The maximum absolute atomic E-state index is 13.9. The van der Waals surface area contributed by atoms with Crippen LogP contribution < -0.4 is 14.8 Å². The number of carbonyl (C=O) groups excluding carboxylic acids is 2. The number of hydrogen-bond acceptors (Lipinski definition) is 5. The van der Waals surface area contributed by atoms with Crippen LogP contribution in [-0.4, -0.2) is 37.5 Å². The van der Waals surface area contributed by atoms with E-state index >= 15 is 0 Å². The zero-order valence-electron chi connectivity index (χ0n) is 20.4. The lowest BCUT2D eigenvalue weighted by Crippen LogP contribution is -2.43. The molecule has 0 spiro atoms. The first-order valence-electron chi connectivity index (χ1n) is 11.4. The molecule has 2 amide bonds. The molecule has 0 bridgehead atoms. The van der Waals surface area contributed by atoms with Crippen molar-refractivity contribution in [1.29, 1.82) is 0 Å². The van der Waals surface area contributed by atoms with E-state index < -0.39 is 6.04 Å². The normalized spacial score (nSPS) is 11.7. The van der Waals surface area contributed by atoms with Gasteiger partial charge in [-0.1, -0.05) is 37.6 Å². The number of nitrogens with one attached hydrogen (secondary N) is 1. The highest BCUT2D eigenvalue weighted by atomic mass is 35.5. The molecule has 0 unspecified atom stereocenters. The van der Waals surface area contributed by atoms with Crippen molar-refractivity contribution in [3.05, 3.63) is 82.8 Å². The second-order valence-electron chi connectivity index (χ2n) is 8.51. The molecule has 1 N–H and O–H groups in total. The second-order valence-corrected chi connectivity index (χ2v) is 8.95. The van der Waals surface area contributed by atoms with Gasteiger partial charge in [-0.05, 0) is 60.4 Å². The number of methoxy groups -OCH3 is 2. The van der Waals surface area contributed by atoms with Gasteiger partial charge < -0.3 is 24.1 Å². The van der Waals surface area contributed by atoms with E-state index in [9.17, 15) is 9.59 Å². The summed E-state index contributed by atoms with van der Waals surface area (Å²) in [4.78, 5) is 28.9. The van der Waals surface area contributed by atoms with Gasteiger partial charge >= 0.3 is 0 Å². The van der Waals surface area contributed by atoms with E-state index in [2.05, 4.69) is 19.2 Å². The van der Waals surface area contributed by atoms with E-state index in [0.717, 1.165) is 6.42 Å². The summed E-state index contributed by atoms with van der Waals surface area (Å²) < 4.78 is 16.2. The highest BCUT2D eigenvalue weighted by Gasteiger charge is 2.33. The third kappa shape index (κ3) is 6.79. The summed E-state index contributed by atoms with van der Waals surface area (Å²) in [5.41, 5.74) is 0.986. The second kappa shape index (κ2) is 12.3. The van der Waals surface area contributed by atoms with Gasteiger partial charge in [-0.25, -0.2) is 0 Å². The van der Waals surface area contributed by atoms with Crippen molar-refractivity contribution < 1.29 is 23.5 Å². The van der Waals surface area contributed by atoms with Crippen LogP contribution in [-0.2, 0) is 11.3 Å². The zero-order chi connectivity index (χ0) is 25.4. The quantitative estimate of drug-likeness (QED) is 0.377. The maximum atomic E-state index is 13.9. The first-order chi connectivity index (χ1) is 16.8. The summed E-state index contributed by atoms with van der Waals surface area (Å²) in [6.45, 7) is 4.77. The number of furan rings is 1. The van der Waals surface area contributed by atoms with Crippen molar-refractivity contribution in [3.63, 3.8) is 0 Å². The Hall–Kier alpha value is -3.45. The van der Waals surface area contributed by atoms with E-state index in [0.29, 0.717) is 45.9 Å². The number of ether oxygens (including phenoxy) is 2. The number of hydrogen-bond donors (Lipinski definition) is 1. The molecule has 8 heteroatoms. The minimum absolute atomic E-state index is 0.0884. The SMILES string of the molecule is COc1ccc(C(=O)N(Cc2ccco2)[C@@H](C(=O)NCCC(C)C)c2ccc(Cl)cc2)cc1OC. The number of nitrogens with zero attached hydrogens (tertiary/aromatic N) is 1. The van der Waals surface area contributed by atoms with Gasteiger partial charge in [0.2, 0.25) is 5.91 Å². The van der Waals surface area contributed by atoms with Crippen LogP contribution in [0.3, 0.4) is 0 Å². The molecular weight excluding hydrogens is 468 g/mol. The van der Waals surface area contributed by atoms with Crippen LogP contribution in [0.4, 0.5) is 0 Å². The predicted molar refractivity (Wildman–Crippen MR) is 135 cm³/mol. The lowest BCUT2D eigenvalue weighted by atomic mass is 10.0. The topological polar surface area (TPSA) is 81.0 Å². The molecule has 0 radical (unpaired) electrons. The van der Waals surface area contributed by atoms with Crippen molar-refractivity contribution in [1.82, 2.24) is 10.2 Å². The lowest BCUT2D eigenvalue weighted by Gasteiger charge is -2.31. The van der Waals surface area contributed by atoms with Gasteiger partial charge in [0.05, 0.1) is 27.0 Å². The Bertz CT molecular complexity index is 1110. The Morgan fingerprint density at radius 2 is 1.74 bits per heavy atom. The maximum Gasteiger partial charge on any atom is 0.255 e. The van der Waals surface area contributed by atoms with Crippen LogP contribution in [0.2, 0.25) is 5.02 Å². The summed E-state index contributed by atoms with van der Waals surface area (Å²) in [6.07, 6.45) is 2.36. The van der Waals surface area contributed by atoms with Crippen LogP contribution in [0.5, 0.6) is 11.5 Å². The highest BCUT2D eigenvalue weighted by Crippen LogP contribution is 2.31. The third-order valence-corrected chi connectivity index (χ3v) is 5.82. The fraction of sp³-hybridized carbons (Fsp3) is 0.333. The molecule has 186 valence electrons. The standard InChI is InChI=1S/C27H31ClN2O5/c1-18(2)13-14-29-26(31)25(19-7-10-21(28)11-8-19)30(17-22-6-5-15-35-22)27(32)20-9-12-23(33-3)24(16-20)34-4/h5-12,15-16,18,25H,13-14,17H2,1-4H3,(H,29,31)/t25-/m1/s1. The summed E-state index contributed by atoms with van der Waals surface area (Å²) in [5.74, 6) is 1.25. The fourth-order valence-electron chi connectivity index (χ4n) is 3.68. The van der Waals surface area contributed by atoms with Crippen LogP contribution in [0.15, 0.2) is 65.3 Å². The third-order valence-electron chi connectivity index (χ3n) is 5.56. The number of amides is 2. The first-order valence-corrected chi connectivity index (χ1v) is 11.8. The predicted octanol–water partition coefficient (Wildman–Crippen LogP) is 5.50. The molecule has 7 nitrogen and oxygen atoms in total. The molecule has 1 atom stereocenters. The van der Waals surface area contributed by atoms with Crippen LogP contribution in [0, 0.1) is 5.92 Å². The number of benzene rings is 2. The largest absolute Gasteiger partial charge is 0.493 e. The average Bonchev–Trinajstić information content (AvgIpc) is 3.37. The van der Waals surface area contributed by atoms with Crippen molar-refractivity contribution in [2.75, 3.05) is 20.8 Å². The van der Waals surface area contributed by atoms with Crippen molar-refractivity contribution in [3.8, 4) is 11.5 Å². The van der Waals surface area contributed by atoms with Gasteiger partial charge in [-0.2, -0.15) is 0 Å². The highest BCUT2D eigenvalue weighted by molar-refractivity contribution is 6.30. The molecule has 1 heterocycles. The van der Waals surface area contributed by atoms with Crippen LogP contribution in [0.1, 0.15) is 48.0 Å². The van der Waals surface area contributed by atoms with Gasteiger partial charge in [0.1, 0.15) is 11.8 Å². The Balaban J connectivity index is 2.04.